The first-order valence-electron chi connectivity index (χ1n) is 7.53. The Morgan fingerprint density at radius 1 is 1.26 bits per heavy atom. The molecule has 0 aliphatic carbocycles. The van der Waals surface area contributed by atoms with Gasteiger partial charge >= 0.3 is 0 Å². The number of nitrogens with zero attached hydrogens (tertiary/aromatic N) is 1. The van der Waals surface area contributed by atoms with Crippen LogP contribution in [0, 0.1) is 0 Å². The Morgan fingerprint density at radius 2 is 2.00 bits per heavy atom. The summed E-state index contributed by atoms with van der Waals surface area (Å²) in [7, 11) is 0. The zero-order valence-corrected chi connectivity index (χ0v) is 13.2. The van der Waals surface area contributed by atoms with Gasteiger partial charge in [-0.15, -0.1) is 0 Å². The summed E-state index contributed by atoms with van der Waals surface area (Å²) in [6.07, 6.45) is 1.31. The zero-order chi connectivity index (χ0) is 16.4. The van der Waals surface area contributed by atoms with Crippen LogP contribution < -0.4 is 10.5 Å². The molecular formula is C17H20N2O4. The van der Waals surface area contributed by atoms with E-state index >= 15 is 0 Å². The number of pyridine rings is 1. The minimum absolute atomic E-state index is 0.0492. The number of phenols is 1. The van der Waals surface area contributed by atoms with Crippen molar-refractivity contribution in [2.24, 2.45) is 0 Å². The van der Waals surface area contributed by atoms with Crippen molar-refractivity contribution in [2.45, 2.75) is 26.2 Å². The molecule has 0 amide bonds. The van der Waals surface area contributed by atoms with Gasteiger partial charge in [0.25, 0.3) is 0 Å². The first-order chi connectivity index (χ1) is 11.0. The number of ether oxygens (including phenoxy) is 3. The second-order valence-electron chi connectivity index (χ2n) is 5.63. The molecule has 1 saturated heterocycles. The van der Waals surface area contributed by atoms with Gasteiger partial charge in [0.1, 0.15) is 0 Å². The van der Waals surface area contributed by atoms with Gasteiger partial charge in [-0.2, -0.15) is 0 Å². The average Bonchev–Trinajstić information content (AvgIpc) is 3.06. The Labute approximate surface area is 134 Å². The first-order valence-corrected chi connectivity index (χ1v) is 7.53. The number of anilines is 1. The number of hydrogen-bond donors (Lipinski definition) is 2. The fourth-order valence-corrected chi connectivity index (χ4v) is 2.39. The molecule has 3 rings (SSSR count). The minimum Gasteiger partial charge on any atom is -0.503 e. The van der Waals surface area contributed by atoms with E-state index in [-0.39, 0.29) is 23.8 Å². The highest BCUT2D eigenvalue weighted by molar-refractivity contribution is 5.72. The predicted molar refractivity (Wildman–Crippen MR) is 86.2 cm³/mol. The SMILES string of the molecule is CC(C)Oc1cc(-c2ccc(C3OCCO3)cn2)cc(N)c1O. The van der Waals surface area contributed by atoms with Crippen LogP contribution >= 0.6 is 0 Å². The topological polar surface area (TPSA) is 86.8 Å². The van der Waals surface area contributed by atoms with Crippen molar-refractivity contribution in [1.82, 2.24) is 4.98 Å². The second-order valence-corrected chi connectivity index (χ2v) is 5.63. The zero-order valence-electron chi connectivity index (χ0n) is 13.2. The summed E-state index contributed by atoms with van der Waals surface area (Å²) in [6, 6.07) is 7.18. The van der Waals surface area contributed by atoms with Gasteiger partial charge in [0.05, 0.1) is 30.7 Å². The fraction of sp³-hybridized carbons (Fsp3) is 0.353. The van der Waals surface area contributed by atoms with Crippen LogP contribution in [0.2, 0.25) is 0 Å². The third-order valence-corrected chi connectivity index (χ3v) is 3.44. The van der Waals surface area contributed by atoms with Gasteiger partial charge in [0.2, 0.25) is 0 Å². The van der Waals surface area contributed by atoms with Crippen molar-refractivity contribution in [3.05, 3.63) is 36.0 Å². The van der Waals surface area contributed by atoms with Crippen LogP contribution in [0.1, 0.15) is 25.7 Å². The summed E-state index contributed by atoms with van der Waals surface area (Å²) in [5.41, 5.74) is 8.50. The summed E-state index contributed by atoms with van der Waals surface area (Å²) in [6.45, 7) is 4.96. The third kappa shape index (κ3) is 3.38. The molecule has 1 aliphatic heterocycles. The molecule has 6 heteroatoms. The molecule has 1 aromatic heterocycles. The maximum Gasteiger partial charge on any atom is 0.185 e. The Hall–Kier alpha value is -2.31. The molecule has 0 bridgehead atoms. The maximum atomic E-state index is 10.0. The smallest absolute Gasteiger partial charge is 0.185 e. The number of benzene rings is 1. The van der Waals surface area contributed by atoms with E-state index in [0.29, 0.717) is 19.0 Å². The van der Waals surface area contributed by atoms with E-state index in [2.05, 4.69) is 4.98 Å². The van der Waals surface area contributed by atoms with Crippen LogP contribution in [0.15, 0.2) is 30.5 Å². The number of nitrogen functional groups attached to an aromatic ring is 1. The minimum atomic E-state index is -0.346. The summed E-state index contributed by atoms with van der Waals surface area (Å²) in [5, 5.41) is 10.0. The lowest BCUT2D eigenvalue weighted by molar-refractivity contribution is -0.0443. The molecule has 122 valence electrons. The molecule has 1 fully saturated rings. The normalized spacial score (nSPS) is 15.3. The molecule has 0 unspecified atom stereocenters. The molecule has 3 N–H and O–H groups in total. The summed E-state index contributed by atoms with van der Waals surface area (Å²) < 4.78 is 16.5. The van der Waals surface area contributed by atoms with Crippen molar-refractivity contribution in [3.8, 4) is 22.8 Å². The number of hydrogen-bond acceptors (Lipinski definition) is 6. The molecule has 23 heavy (non-hydrogen) atoms. The Kier molecular flexibility index (Phi) is 4.36. The van der Waals surface area contributed by atoms with Crippen molar-refractivity contribution in [3.63, 3.8) is 0 Å². The Bertz CT molecular complexity index is 680. The van der Waals surface area contributed by atoms with Crippen LogP contribution in [0.3, 0.4) is 0 Å². The molecule has 1 aromatic carbocycles. The Morgan fingerprint density at radius 3 is 2.61 bits per heavy atom. The van der Waals surface area contributed by atoms with Crippen LogP contribution in [-0.2, 0) is 9.47 Å². The molecule has 0 spiro atoms. The number of phenolic OH excluding ortho intramolecular Hbond substituents is 1. The van der Waals surface area contributed by atoms with Gasteiger partial charge in [0, 0.05) is 17.3 Å². The highest BCUT2D eigenvalue weighted by atomic mass is 16.7. The third-order valence-electron chi connectivity index (χ3n) is 3.44. The molecule has 0 radical (unpaired) electrons. The molecule has 1 aliphatic rings. The molecule has 0 atom stereocenters. The van der Waals surface area contributed by atoms with Gasteiger partial charge in [-0.3, -0.25) is 4.98 Å². The lowest BCUT2D eigenvalue weighted by Crippen LogP contribution is -2.06. The lowest BCUT2D eigenvalue weighted by Gasteiger charge is -2.14. The van der Waals surface area contributed by atoms with E-state index in [1.165, 1.54) is 0 Å². The fourth-order valence-electron chi connectivity index (χ4n) is 2.39. The molecule has 0 saturated carbocycles. The van der Waals surface area contributed by atoms with Crippen molar-refractivity contribution in [1.29, 1.82) is 0 Å². The monoisotopic (exact) mass is 316 g/mol. The summed E-state index contributed by atoms with van der Waals surface area (Å²) in [4.78, 5) is 4.43. The lowest BCUT2D eigenvalue weighted by atomic mass is 10.1. The van der Waals surface area contributed by atoms with Crippen LogP contribution in [0.4, 0.5) is 5.69 Å². The molecule has 2 heterocycles. The number of rotatable bonds is 4. The highest BCUT2D eigenvalue weighted by Crippen LogP contribution is 2.37. The van der Waals surface area contributed by atoms with E-state index in [9.17, 15) is 5.11 Å². The quantitative estimate of drug-likeness (QED) is 0.666. The van der Waals surface area contributed by atoms with Crippen LogP contribution in [0.5, 0.6) is 11.5 Å². The largest absolute Gasteiger partial charge is 0.503 e. The highest BCUT2D eigenvalue weighted by Gasteiger charge is 2.19. The standard InChI is InChI=1S/C17H20N2O4/c1-10(2)23-15-8-12(7-13(18)16(15)20)14-4-3-11(9-19-14)17-21-5-6-22-17/h3-4,7-10,17,20H,5-6,18H2,1-2H3. The summed E-state index contributed by atoms with van der Waals surface area (Å²) in [5.74, 6) is 0.301. The Balaban J connectivity index is 1.90. The number of nitrogens with two attached hydrogens (primary N) is 1. The van der Waals surface area contributed by atoms with Gasteiger partial charge in [-0.1, -0.05) is 6.07 Å². The van der Waals surface area contributed by atoms with Crippen LogP contribution in [0.25, 0.3) is 11.3 Å². The van der Waals surface area contributed by atoms with Crippen molar-refractivity contribution in [2.75, 3.05) is 18.9 Å². The van der Waals surface area contributed by atoms with Gasteiger partial charge in [-0.25, -0.2) is 0 Å². The average molecular weight is 316 g/mol. The number of aromatic hydroxyl groups is 1. The van der Waals surface area contributed by atoms with Crippen LogP contribution in [-0.4, -0.2) is 29.4 Å². The van der Waals surface area contributed by atoms with Gasteiger partial charge < -0.3 is 25.1 Å². The van der Waals surface area contributed by atoms with E-state index in [4.69, 9.17) is 19.9 Å². The molecule has 2 aromatic rings. The van der Waals surface area contributed by atoms with Crippen molar-refractivity contribution < 1.29 is 19.3 Å². The van der Waals surface area contributed by atoms with E-state index < -0.39 is 0 Å². The molecular weight excluding hydrogens is 296 g/mol. The van der Waals surface area contributed by atoms with Crippen molar-refractivity contribution >= 4 is 5.69 Å². The van der Waals surface area contributed by atoms with E-state index in [1.54, 1.807) is 18.3 Å². The summed E-state index contributed by atoms with van der Waals surface area (Å²) >= 11 is 0. The van der Waals surface area contributed by atoms with E-state index in [0.717, 1.165) is 16.8 Å². The first kappa shape index (κ1) is 15.6. The predicted octanol–water partition coefficient (Wildman–Crippen LogP) is 2.87. The number of aromatic nitrogens is 1. The van der Waals surface area contributed by atoms with E-state index in [1.807, 2.05) is 26.0 Å². The van der Waals surface area contributed by atoms with Gasteiger partial charge in [0.15, 0.2) is 17.8 Å². The molecule has 6 nitrogen and oxygen atoms in total. The van der Waals surface area contributed by atoms with Gasteiger partial charge in [-0.05, 0) is 32.0 Å². The maximum absolute atomic E-state index is 10.0. The second kappa shape index (κ2) is 6.44.